The monoisotopic (exact) mass is 364 g/mol. The van der Waals surface area contributed by atoms with Crippen molar-refractivity contribution in [2.24, 2.45) is 0 Å². The SMILES string of the molecule is O=C(Nc1ccccc1Cl)N1CCS[C@H](c2ccccc2F)CC1. The van der Waals surface area contributed by atoms with Crippen molar-refractivity contribution in [3.05, 3.63) is 64.9 Å². The summed E-state index contributed by atoms with van der Waals surface area (Å²) in [7, 11) is 0. The van der Waals surface area contributed by atoms with Crippen molar-refractivity contribution in [3.63, 3.8) is 0 Å². The molecule has 1 atom stereocenters. The van der Waals surface area contributed by atoms with E-state index in [1.165, 1.54) is 6.07 Å². The van der Waals surface area contributed by atoms with Crippen LogP contribution in [0.4, 0.5) is 14.9 Å². The van der Waals surface area contributed by atoms with Crippen molar-refractivity contribution in [1.82, 2.24) is 4.90 Å². The molecule has 1 aliphatic rings. The molecule has 2 aromatic rings. The predicted octanol–water partition coefficient (Wildman–Crippen LogP) is 5.19. The number of carbonyl (C=O) groups excluding carboxylic acids is 1. The molecule has 6 heteroatoms. The Balaban J connectivity index is 1.64. The minimum absolute atomic E-state index is 0.0734. The number of para-hydroxylation sites is 1. The summed E-state index contributed by atoms with van der Waals surface area (Å²) in [5.41, 5.74) is 1.32. The van der Waals surface area contributed by atoms with Gasteiger partial charge in [-0.1, -0.05) is 41.9 Å². The summed E-state index contributed by atoms with van der Waals surface area (Å²) in [6, 6.07) is 13.9. The third-order valence-electron chi connectivity index (χ3n) is 4.00. The molecule has 1 saturated heterocycles. The molecule has 1 heterocycles. The number of hydrogen-bond acceptors (Lipinski definition) is 2. The van der Waals surface area contributed by atoms with Crippen LogP contribution in [0.2, 0.25) is 5.02 Å². The molecule has 1 aliphatic heterocycles. The number of hydrogen-bond donors (Lipinski definition) is 1. The minimum Gasteiger partial charge on any atom is -0.324 e. The van der Waals surface area contributed by atoms with E-state index in [9.17, 15) is 9.18 Å². The largest absolute Gasteiger partial charge is 0.324 e. The van der Waals surface area contributed by atoms with Gasteiger partial charge in [-0.2, -0.15) is 11.8 Å². The average Bonchev–Trinajstić information content (AvgIpc) is 2.83. The lowest BCUT2D eigenvalue weighted by molar-refractivity contribution is 0.215. The topological polar surface area (TPSA) is 32.3 Å². The molecular formula is C18H18ClFN2OS. The van der Waals surface area contributed by atoms with Gasteiger partial charge in [-0.25, -0.2) is 9.18 Å². The zero-order valence-electron chi connectivity index (χ0n) is 13.0. The van der Waals surface area contributed by atoms with Crippen LogP contribution in [-0.2, 0) is 0 Å². The van der Waals surface area contributed by atoms with E-state index < -0.39 is 0 Å². The van der Waals surface area contributed by atoms with Crippen LogP contribution in [-0.4, -0.2) is 29.8 Å². The maximum Gasteiger partial charge on any atom is 0.321 e. The number of amides is 2. The van der Waals surface area contributed by atoms with Gasteiger partial charge in [0, 0.05) is 29.7 Å². The van der Waals surface area contributed by atoms with E-state index >= 15 is 0 Å². The Morgan fingerprint density at radius 1 is 1.17 bits per heavy atom. The highest BCUT2D eigenvalue weighted by Gasteiger charge is 2.24. The molecule has 0 radical (unpaired) electrons. The molecule has 1 fully saturated rings. The van der Waals surface area contributed by atoms with Gasteiger partial charge in [0.15, 0.2) is 0 Å². The average molecular weight is 365 g/mol. The van der Waals surface area contributed by atoms with Crippen LogP contribution in [0, 0.1) is 5.82 Å². The van der Waals surface area contributed by atoms with Gasteiger partial charge in [0.25, 0.3) is 0 Å². The number of anilines is 1. The van der Waals surface area contributed by atoms with Crippen LogP contribution in [0.1, 0.15) is 17.2 Å². The second-order valence-corrected chi connectivity index (χ2v) is 7.28. The molecule has 24 heavy (non-hydrogen) atoms. The second kappa shape index (κ2) is 7.90. The van der Waals surface area contributed by atoms with Gasteiger partial charge in [-0.05, 0) is 24.6 Å². The Hall–Kier alpha value is -1.72. The van der Waals surface area contributed by atoms with Gasteiger partial charge in [-0.15, -0.1) is 0 Å². The van der Waals surface area contributed by atoms with Crippen molar-refractivity contribution in [2.45, 2.75) is 11.7 Å². The zero-order chi connectivity index (χ0) is 16.9. The van der Waals surface area contributed by atoms with E-state index in [2.05, 4.69) is 5.32 Å². The van der Waals surface area contributed by atoms with Crippen LogP contribution < -0.4 is 5.32 Å². The summed E-state index contributed by atoms with van der Waals surface area (Å²) in [5, 5.41) is 3.43. The van der Waals surface area contributed by atoms with Crippen molar-refractivity contribution < 1.29 is 9.18 Å². The fourth-order valence-electron chi connectivity index (χ4n) is 2.71. The van der Waals surface area contributed by atoms with Crippen molar-refractivity contribution in [2.75, 3.05) is 24.2 Å². The summed E-state index contributed by atoms with van der Waals surface area (Å²) in [6.45, 7) is 1.22. The van der Waals surface area contributed by atoms with E-state index in [0.717, 1.165) is 17.7 Å². The minimum atomic E-state index is -0.177. The Morgan fingerprint density at radius 2 is 1.92 bits per heavy atom. The van der Waals surface area contributed by atoms with Crippen molar-refractivity contribution >= 4 is 35.1 Å². The Labute approximate surface area is 150 Å². The first-order valence-electron chi connectivity index (χ1n) is 7.81. The Morgan fingerprint density at radius 3 is 2.71 bits per heavy atom. The number of halogens is 2. The summed E-state index contributed by atoms with van der Waals surface area (Å²) in [5.74, 6) is 0.596. The zero-order valence-corrected chi connectivity index (χ0v) is 14.6. The standard InChI is InChI=1S/C18H18ClFN2OS/c19-14-6-2-4-8-16(14)21-18(23)22-10-9-17(24-12-11-22)13-5-1-3-7-15(13)20/h1-8,17H,9-12H2,(H,21,23)/t17-/m0/s1. The molecule has 3 rings (SSSR count). The van der Waals surface area contributed by atoms with Crippen LogP contribution in [0.15, 0.2) is 48.5 Å². The fourth-order valence-corrected chi connectivity index (χ4v) is 4.15. The number of rotatable bonds is 2. The third-order valence-corrected chi connectivity index (χ3v) is 5.64. The van der Waals surface area contributed by atoms with Crippen LogP contribution in [0.25, 0.3) is 0 Å². The highest BCUT2D eigenvalue weighted by atomic mass is 35.5. The molecule has 2 aromatic carbocycles. The number of carbonyl (C=O) groups is 1. The van der Waals surface area contributed by atoms with Crippen LogP contribution in [0.5, 0.6) is 0 Å². The summed E-state index contributed by atoms with van der Waals surface area (Å²) < 4.78 is 14.0. The number of nitrogens with zero attached hydrogens (tertiary/aromatic N) is 1. The maximum absolute atomic E-state index is 14.0. The lowest BCUT2D eigenvalue weighted by Crippen LogP contribution is -2.36. The Kier molecular flexibility index (Phi) is 5.63. The molecule has 126 valence electrons. The molecule has 0 bridgehead atoms. The molecule has 0 spiro atoms. The smallest absolute Gasteiger partial charge is 0.321 e. The quantitative estimate of drug-likeness (QED) is 0.795. The molecule has 3 nitrogen and oxygen atoms in total. The summed E-state index contributed by atoms with van der Waals surface area (Å²) >= 11 is 7.78. The predicted molar refractivity (Wildman–Crippen MR) is 98.3 cm³/mol. The molecule has 0 saturated carbocycles. The van der Waals surface area contributed by atoms with Gasteiger partial charge in [0.05, 0.1) is 10.7 Å². The van der Waals surface area contributed by atoms with Crippen LogP contribution >= 0.6 is 23.4 Å². The van der Waals surface area contributed by atoms with Gasteiger partial charge < -0.3 is 10.2 Å². The molecular weight excluding hydrogens is 347 g/mol. The van der Waals surface area contributed by atoms with E-state index in [0.29, 0.717) is 23.8 Å². The second-order valence-electron chi connectivity index (χ2n) is 5.57. The summed E-state index contributed by atoms with van der Waals surface area (Å²) in [4.78, 5) is 14.2. The first-order valence-corrected chi connectivity index (χ1v) is 9.24. The molecule has 0 aliphatic carbocycles. The van der Waals surface area contributed by atoms with E-state index in [1.54, 1.807) is 34.9 Å². The van der Waals surface area contributed by atoms with Crippen LogP contribution in [0.3, 0.4) is 0 Å². The highest BCUT2D eigenvalue weighted by Crippen LogP contribution is 2.35. The number of nitrogens with one attached hydrogen (secondary N) is 1. The van der Waals surface area contributed by atoms with Gasteiger partial charge in [-0.3, -0.25) is 0 Å². The first kappa shape index (κ1) is 17.1. The Bertz CT molecular complexity index is 728. The molecule has 0 aromatic heterocycles. The number of thioether (sulfide) groups is 1. The lowest BCUT2D eigenvalue weighted by atomic mass is 10.1. The van der Waals surface area contributed by atoms with Gasteiger partial charge >= 0.3 is 6.03 Å². The normalized spacial score (nSPS) is 18.1. The van der Waals surface area contributed by atoms with E-state index in [1.807, 2.05) is 24.3 Å². The number of urea groups is 1. The number of benzene rings is 2. The van der Waals surface area contributed by atoms with Crippen molar-refractivity contribution in [1.29, 1.82) is 0 Å². The van der Waals surface area contributed by atoms with Gasteiger partial charge in [0.2, 0.25) is 0 Å². The van der Waals surface area contributed by atoms with E-state index in [4.69, 9.17) is 11.6 Å². The molecule has 2 amide bonds. The summed E-state index contributed by atoms with van der Waals surface area (Å²) in [6.07, 6.45) is 0.724. The van der Waals surface area contributed by atoms with Crippen molar-refractivity contribution in [3.8, 4) is 0 Å². The molecule has 1 N–H and O–H groups in total. The molecule has 0 unspecified atom stereocenters. The van der Waals surface area contributed by atoms with E-state index in [-0.39, 0.29) is 17.1 Å². The lowest BCUT2D eigenvalue weighted by Gasteiger charge is -2.21. The maximum atomic E-state index is 14.0. The highest BCUT2D eigenvalue weighted by molar-refractivity contribution is 7.99. The first-order chi connectivity index (χ1) is 11.6. The third kappa shape index (κ3) is 4.02. The fraction of sp³-hybridized carbons (Fsp3) is 0.278. The van der Waals surface area contributed by atoms with Gasteiger partial charge in [0.1, 0.15) is 5.82 Å².